The molecule has 90 valence electrons. The second-order valence-electron chi connectivity index (χ2n) is 4.03. The number of allylic oxidation sites excluding steroid dienone is 2. The van der Waals surface area contributed by atoms with Crippen LogP contribution in [0.2, 0.25) is 0 Å². The Kier molecular flexibility index (Phi) is 7.67. The Balaban J connectivity index is 0.00000289. The standard InChI is InChI=1S/C14H17NO2.Na/c1-11(10-14(16)17)4-5-12-6-8-13(9-7-12)15(2)3;/h4-10H,1-3H3,(H,16,17);/q;+1/p-1/b5-4+,11-10+;. The number of benzene rings is 1. The molecule has 0 heterocycles. The van der Waals surface area contributed by atoms with Gasteiger partial charge in [0.2, 0.25) is 0 Å². The molecule has 0 bridgehead atoms. The fourth-order valence-corrected chi connectivity index (χ4v) is 1.35. The third-order valence-corrected chi connectivity index (χ3v) is 2.29. The van der Waals surface area contributed by atoms with E-state index < -0.39 is 5.97 Å². The summed E-state index contributed by atoms with van der Waals surface area (Å²) in [6, 6.07) is 7.99. The van der Waals surface area contributed by atoms with Crippen molar-refractivity contribution in [3.63, 3.8) is 0 Å². The molecule has 0 amide bonds. The van der Waals surface area contributed by atoms with E-state index in [-0.39, 0.29) is 29.6 Å². The quantitative estimate of drug-likeness (QED) is 0.371. The minimum atomic E-state index is -1.17. The number of hydrogen-bond donors (Lipinski definition) is 0. The van der Waals surface area contributed by atoms with E-state index >= 15 is 0 Å². The SMILES string of the molecule is CC(/C=C/c1ccc(N(C)C)cc1)=C\C(=O)[O-].[Na+]. The molecule has 0 saturated carbocycles. The van der Waals surface area contributed by atoms with Crippen LogP contribution < -0.4 is 39.6 Å². The van der Waals surface area contributed by atoms with Crippen LogP contribution in [-0.4, -0.2) is 20.1 Å². The Morgan fingerprint density at radius 1 is 1.22 bits per heavy atom. The Morgan fingerprint density at radius 2 is 1.78 bits per heavy atom. The molecule has 0 atom stereocenters. The maximum Gasteiger partial charge on any atom is 1.00 e. The number of carbonyl (C=O) groups excluding carboxylic acids is 1. The van der Waals surface area contributed by atoms with E-state index in [2.05, 4.69) is 0 Å². The molecular formula is C14H16NNaO2. The van der Waals surface area contributed by atoms with Gasteiger partial charge in [0.25, 0.3) is 0 Å². The van der Waals surface area contributed by atoms with Crippen LogP contribution >= 0.6 is 0 Å². The summed E-state index contributed by atoms with van der Waals surface area (Å²) in [5, 5.41) is 10.3. The maximum absolute atomic E-state index is 10.3. The summed E-state index contributed by atoms with van der Waals surface area (Å²) in [6.45, 7) is 1.72. The van der Waals surface area contributed by atoms with Gasteiger partial charge in [-0.05, 0) is 36.3 Å². The Bertz CT molecular complexity index is 447. The van der Waals surface area contributed by atoms with E-state index in [1.54, 1.807) is 13.0 Å². The number of carboxylic acids is 1. The number of hydrogen-bond acceptors (Lipinski definition) is 3. The molecule has 0 radical (unpaired) electrons. The van der Waals surface area contributed by atoms with Crippen LogP contribution in [0.3, 0.4) is 0 Å². The third kappa shape index (κ3) is 6.05. The van der Waals surface area contributed by atoms with Gasteiger partial charge in [-0.15, -0.1) is 0 Å². The van der Waals surface area contributed by atoms with Gasteiger partial charge in [0.05, 0.1) is 5.97 Å². The first-order valence-corrected chi connectivity index (χ1v) is 5.34. The van der Waals surface area contributed by atoms with Crippen LogP contribution in [0.25, 0.3) is 6.08 Å². The molecular weight excluding hydrogens is 237 g/mol. The van der Waals surface area contributed by atoms with E-state index in [9.17, 15) is 9.90 Å². The van der Waals surface area contributed by atoms with Gasteiger partial charge in [-0.1, -0.05) is 24.3 Å². The Labute approximate surface area is 130 Å². The van der Waals surface area contributed by atoms with Crippen molar-refractivity contribution in [3.8, 4) is 0 Å². The molecule has 1 aromatic rings. The van der Waals surface area contributed by atoms with Crippen LogP contribution in [0.5, 0.6) is 0 Å². The van der Waals surface area contributed by atoms with Crippen molar-refractivity contribution < 1.29 is 39.5 Å². The van der Waals surface area contributed by atoms with E-state index in [0.29, 0.717) is 5.57 Å². The zero-order chi connectivity index (χ0) is 12.8. The molecule has 0 aliphatic rings. The molecule has 0 unspecified atom stereocenters. The summed E-state index contributed by atoms with van der Waals surface area (Å²) in [4.78, 5) is 12.3. The number of anilines is 1. The van der Waals surface area contributed by atoms with Gasteiger partial charge in [-0.2, -0.15) is 0 Å². The molecule has 0 fully saturated rings. The van der Waals surface area contributed by atoms with Crippen molar-refractivity contribution in [3.05, 3.63) is 47.6 Å². The molecule has 1 rings (SSSR count). The number of carbonyl (C=O) groups is 1. The normalized spacial score (nSPS) is 11.2. The van der Waals surface area contributed by atoms with E-state index in [4.69, 9.17) is 0 Å². The van der Waals surface area contributed by atoms with E-state index in [1.807, 2.05) is 49.3 Å². The van der Waals surface area contributed by atoms with Gasteiger partial charge >= 0.3 is 29.6 Å². The van der Waals surface area contributed by atoms with Gasteiger partial charge in [-0.25, -0.2) is 0 Å². The summed E-state index contributed by atoms with van der Waals surface area (Å²) in [6.07, 6.45) is 4.69. The van der Waals surface area contributed by atoms with Crippen molar-refractivity contribution in [2.75, 3.05) is 19.0 Å². The van der Waals surface area contributed by atoms with Gasteiger partial charge < -0.3 is 14.8 Å². The minimum absolute atomic E-state index is 0. The van der Waals surface area contributed by atoms with Gasteiger partial charge in [-0.3, -0.25) is 0 Å². The monoisotopic (exact) mass is 253 g/mol. The Morgan fingerprint density at radius 3 is 2.22 bits per heavy atom. The summed E-state index contributed by atoms with van der Waals surface area (Å²) in [7, 11) is 3.97. The predicted octanol–water partition coefficient (Wildman–Crippen LogP) is -1.53. The summed E-state index contributed by atoms with van der Waals surface area (Å²) in [5.41, 5.74) is 2.81. The maximum atomic E-state index is 10.3. The van der Waals surface area contributed by atoms with Crippen molar-refractivity contribution in [1.82, 2.24) is 0 Å². The number of nitrogens with zero attached hydrogens (tertiary/aromatic N) is 1. The van der Waals surface area contributed by atoms with Gasteiger partial charge in [0.1, 0.15) is 0 Å². The van der Waals surface area contributed by atoms with Crippen molar-refractivity contribution in [2.45, 2.75) is 6.92 Å². The zero-order valence-electron chi connectivity index (χ0n) is 11.3. The molecule has 1 aromatic carbocycles. The third-order valence-electron chi connectivity index (χ3n) is 2.29. The molecule has 0 saturated heterocycles. The molecule has 0 spiro atoms. The van der Waals surface area contributed by atoms with Crippen molar-refractivity contribution in [1.29, 1.82) is 0 Å². The molecule has 3 nitrogen and oxygen atoms in total. The average Bonchev–Trinajstić information content (AvgIpc) is 2.26. The largest absolute Gasteiger partial charge is 1.00 e. The predicted molar refractivity (Wildman–Crippen MR) is 68.6 cm³/mol. The van der Waals surface area contributed by atoms with Crippen LogP contribution in [0.15, 0.2) is 42.0 Å². The van der Waals surface area contributed by atoms with Crippen molar-refractivity contribution >= 4 is 17.7 Å². The number of carboxylic acid groups (broad SMARTS) is 1. The van der Waals surface area contributed by atoms with Crippen LogP contribution in [0.1, 0.15) is 12.5 Å². The smallest absolute Gasteiger partial charge is 0.545 e. The topological polar surface area (TPSA) is 43.4 Å². The summed E-state index contributed by atoms with van der Waals surface area (Å²) < 4.78 is 0. The van der Waals surface area contributed by atoms with E-state index in [0.717, 1.165) is 17.3 Å². The minimum Gasteiger partial charge on any atom is -0.545 e. The van der Waals surface area contributed by atoms with Gasteiger partial charge in [0, 0.05) is 19.8 Å². The second-order valence-corrected chi connectivity index (χ2v) is 4.03. The molecule has 4 heteroatoms. The number of aliphatic carboxylic acids is 1. The summed E-state index contributed by atoms with van der Waals surface area (Å²) >= 11 is 0. The first kappa shape index (κ1) is 17.0. The molecule has 0 aliphatic carbocycles. The van der Waals surface area contributed by atoms with Gasteiger partial charge in [0.15, 0.2) is 0 Å². The zero-order valence-corrected chi connectivity index (χ0v) is 13.3. The number of rotatable bonds is 4. The van der Waals surface area contributed by atoms with E-state index in [1.165, 1.54) is 0 Å². The molecule has 18 heavy (non-hydrogen) atoms. The second kappa shape index (κ2) is 8.14. The first-order valence-electron chi connectivity index (χ1n) is 5.34. The Hall–Kier alpha value is -1.03. The fraction of sp³-hybridized carbons (Fsp3) is 0.214. The molecule has 0 aliphatic heterocycles. The average molecular weight is 253 g/mol. The van der Waals surface area contributed by atoms with Crippen LogP contribution in [0.4, 0.5) is 5.69 Å². The van der Waals surface area contributed by atoms with Crippen molar-refractivity contribution in [2.24, 2.45) is 0 Å². The molecule has 0 aromatic heterocycles. The van der Waals surface area contributed by atoms with Crippen LogP contribution in [-0.2, 0) is 4.79 Å². The van der Waals surface area contributed by atoms with Crippen LogP contribution in [0, 0.1) is 0 Å². The summed E-state index contributed by atoms with van der Waals surface area (Å²) in [5.74, 6) is -1.17. The fourth-order valence-electron chi connectivity index (χ4n) is 1.35. The molecule has 0 N–H and O–H groups in total. The first-order chi connectivity index (χ1) is 7.99.